The summed E-state index contributed by atoms with van der Waals surface area (Å²) in [6.07, 6.45) is 0. The molecule has 0 saturated carbocycles. The monoisotopic (exact) mass is 635 g/mol. The molecule has 2 heteroatoms. The van der Waals surface area contributed by atoms with Gasteiger partial charge in [-0.25, -0.2) is 0 Å². The third-order valence-corrected chi connectivity index (χ3v) is 9.89. The van der Waals surface area contributed by atoms with E-state index in [0.29, 0.717) is 0 Å². The van der Waals surface area contributed by atoms with E-state index in [-0.39, 0.29) is 0 Å². The van der Waals surface area contributed by atoms with Crippen molar-refractivity contribution >= 4 is 71.3 Å². The van der Waals surface area contributed by atoms with Crippen LogP contribution in [-0.2, 0) is 0 Å². The maximum absolute atomic E-state index is 6.35. The average Bonchev–Trinajstić information content (AvgIpc) is 3.58. The Morgan fingerprint density at radius 2 is 1.10 bits per heavy atom. The van der Waals surface area contributed by atoms with Crippen LogP contribution >= 0.6 is 0 Å². The highest BCUT2D eigenvalue weighted by atomic mass is 16.3. The molecule has 1 heterocycles. The normalized spacial score (nSPS) is 11.4. The lowest BCUT2D eigenvalue weighted by atomic mass is 9.93. The van der Waals surface area contributed by atoms with E-state index in [1.165, 1.54) is 43.6 Å². The van der Waals surface area contributed by atoms with Crippen LogP contribution in [0.25, 0.3) is 76.5 Å². The van der Waals surface area contributed by atoms with Gasteiger partial charge in [0.05, 0.1) is 11.1 Å². The summed E-state index contributed by atoms with van der Waals surface area (Å²) in [5.41, 5.74) is 9.68. The fourth-order valence-corrected chi connectivity index (χ4v) is 7.50. The molecule has 0 radical (unpaired) electrons. The first-order chi connectivity index (χ1) is 24.8. The zero-order chi connectivity index (χ0) is 33.0. The zero-order valence-electron chi connectivity index (χ0n) is 27.1. The first-order valence-electron chi connectivity index (χ1n) is 16.9. The molecule has 2 nitrogen and oxygen atoms in total. The molecule has 10 rings (SSSR count). The SMILES string of the molecule is c1ccc2c(c#1)cc(-c1ccc(N(c3ccc(-c4ccc5ccccc5c4)cc3)c3cccc4oc5ccccc5c34)cc1)c1ccccc12. The molecule has 9 aromatic carbocycles. The molecule has 0 aliphatic heterocycles. The van der Waals surface area contributed by atoms with Crippen molar-refractivity contribution in [3.05, 3.63) is 188 Å². The van der Waals surface area contributed by atoms with Crippen LogP contribution in [0.1, 0.15) is 0 Å². The number of para-hydroxylation sites is 1. The van der Waals surface area contributed by atoms with Crippen molar-refractivity contribution < 1.29 is 4.42 Å². The van der Waals surface area contributed by atoms with Crippen molar-refractivity contribution in [2.45, 2.75) is 0 Å². The molecular formula is C48H29NO. The molecule has 10 aromatic rings. The van der Waals surface area contributed by atoms with Crippen LogP contribution in [0.3, 0.4) is 0 Å². The Bertz CT molecular complexity index is 2860. The molecule has 0 aliphatic carbocycles. The van der Waals surface area contributed by atoms with Crippen LogP contribution in [0.2, 0.25) is 0 Å². The second-order valence-electron chi connectivity index (χ2n) is 12.8. The standard InChI is InChI=1S/C48H29NO/c1-2-11-35-30-36(21-20-32(35)10-1)33-22-26-38(27-23-33)49(45-17-9-19-47-48(45)43-16-7-8-18-46(43)50-47)39-28-24-34(25-29-39)44-31-37-12-3-4-13-40(37)41-14-5-6-15-42(41)44/h1-2,4-11,13-31H. The van der Waals surface area contributed by atoms with Crippen molar-refractivity contribution in [3.63, 3.8) is 0 Å². The number of nitrogens with zero attached hydrogens (tertiary/aromatic N) is 1. The summed E-state index contributed by atoms with van der Waals surface area (Å²) in [4.78, 5) is 2.35. The molecule has 0 aliphatic rings. The molecule has 50 heavy (non-hydrogen) atoms. The first kappa shape index (κ1) is 28.2. The summed E-state index contributed by atoms with van der Waals surface area (Å²) < 4.78 is 6.35. The highest BCUT2D eigenvalue weighted by molar-refractivity contribution is 6.14. The molecule has 232 valence electrons. The Labute approximate surface area is 290 Å². The minimum atomic E-state index is 0.869. The summed E-state index contributed by atoms with van der Waals surface area (Å²) in [5, 5.41) is 9.39. The van der Waals surface area contributed by atoms with E-state index in [1.54, 1.807) is 0 Å². The number of hydrogen-bond donors (Lipinski definition) is 0. The Morgan fingerprint density at radius 3 is 1.92 bits per heavy atom. The van der Waals surface area contributed by atoms with Gasteiger partial charge < -0.3 is 9.32 Å². The van der Waals surface area contributed by atoms with Crippen molar-refractivity contribution in [3.8, 4) is 22.3 Å². The highest BCUT2D eigenvalue weighted by Gasteiger charge is 2.20. The van der Waals surface area contributed by atoms with Gasteiger partial charge in [0.25, 0.3) is 0 Å². The van der Waals surface area contributed by atoms with Crippen LogP contribution in [0.4, 0.5) is 17.1 Å². The van der Waals surface area contributed by atoms with Crippen LogP contribution < -0.4 is 4.90 Å². The molecular weight excluding hydrogens is 607 g/mol. The minimum absolute atomic E-state index is 0.869. The summed E-state index contributed by atoms with van der Waals surface area (Å²) in [5.74, 6) is 0. The smallest absolute Gasteiger partial charge is 0.137 e. The topological polar surface area (TPSA) is 16.4 Å². The fraction of sp³-hybridized carbons (Fsp3) is 0. The van der Waals surface area contributed by atoms with Crippen molar-refractivity contribution in [1.29, 1.82) is 0 Å². The maximum atomic E-state index is 6.35. The number of hydrogen-bond acceptors (Lipinski definition) is 2. The van der Waals surface area contributed by atoms with E-state index in [4.69, 9.17) is 4.42 Å². The molecule has 0 fully saturated rings. The summed E-state index contributed by atoms with van der Waals surface area (Å²) in [6, 6.07) is 69.1. The van der Waals surface area contributed by atoms with Gasteiger partial charge in [-0.05, 0) is 116 Å². The molecule has 1 aromatic heterocycles. The lowest BCUT2D eigenvalue weighted by molar-refractivity contribution is 0.669. The maximum Gasteiger partial charge on any atom is 0.137 e. The first-order valence-corrected chi connectivity index (χ1v) is 16.9. The summed E-state index contributed by atoms with van der Waals surface area (Å²) >= 11 is 0. The van der Waals surface area contributed by atoms with Gasteiger partial charge in [0.1, 0.15) is 11.2 Å². The van der Waals surface area contributed by atoms with E-state index in [2.05, 4.69) is 175 Å². The predicted octanol–water partition coefficient (Wildman–Crippen LogP) is 13.4. The van der Waals surface area contributed by atoms with E-state index < -0.39 is 0 Å². The molecule has 0 N–H and O–H groups in total. The largest absolute Gasteiger partial charge is 0.456 e. The third kappa shape index (κ3) is 4.60. The number of rotatable bonds is 5. The van der Waals surface area contributed by atoms with Crippen LogP contribution in [0, 0.1) is 12.1 Å². The summed E-state index contributed by atoms with van der Waals surface area (Å²) in [6.45, 7) is 0. The lowest BCUT2D eigenvalue weighted by Crippen LogP contribution is -2.10. The summed E-state index contributed by atoms with van der Waals surface area (Å²) in [7, 11) is 0. The molecule has 0 atom stereocenters. The Balaban J connectivity index is 1.13. The Hall–Kier alpha value is -6.82. The van der Waals surface area contributed by atoms with Gasteiger partial charge in [-0.15, -0.1) is 0 Å². The van der Waals surface area contributed by atoms with Crippen LogP contribution in [0.5, 0.6) is 0 Å². The molecule has 0 spiro atoms. The van der Waals surface area contributed by atoms with Gasteiger partial charge in [0.2, 0.25) is 0 Å². The number of furan rings is 1. The Kier molecular flexibility index (Phi) is 6.44. The van der Waals surface area contributed by atoms with Crippen molar-refractivity contribution in [2.24, 2.45) is 0 Å². The second-order valence-corrected chi connectivity index (χ2v) is 12.8. The fourth-order valence-electron chi connectivity index (χ4n) is 7.50. The zero-order valence-corrected chi connectivity index (χ0v) is 27.1. The van der Waals surface area contributed by atoms with E-state index in [9.17, 15) is 0 Å². The van der Waals surface area contributed by atoms with Gasteiger partial charge in [-0.3, -0.25) is 0 Å². The predicted molar refractivity (Wildman–Crippen MR) is 209 cm³/mol. The van der Waals surface area contributed by atoms with E-state index in [0.717, 1.165) is 50.0 Å². The van der Waals surface area contributed by atoms with E-state index >= 15 is 0 Å². The van der Waals surface area contributed by atoms with Gasteiger partial charge in [-0.1, -0.05) is 121 Å². The number of benzene rings is 8. The van der Waals surface area contributed by atoms with Crippen molar-refractivity contribution in [2.75, 3.05) is 4.90 Å². The van der Waals surface area contributed by atoms with Gasteiger partial charge in [0.15, 0.2) is 0 Å². The quantitative estimate of drug-likeness (QED) is 0.187. The van der Waals surface area contributed by atoms with Crippen LogP contribution in [-0.4, -0.2) is 0 Å². The number of anilines is 3. The number of fused-ring (bicyclic) bond motifs is 7. The van der Waals surface area contributed by atoms with Gasteiger partial charge >= 0.3 is 0 Å². The van der Waals surface area contributed by atoms with E-state index in [1.807, 2.05) is 18.2 Å². The molecule has 0 unspecified atom stereocenters. The highest BCUT2D eigenvalue weighted by Crippen LogP contribution is 2.44. The minimum Gasteiger partial charge on any atom is -0.456 e. The van der Waals surface area contributed by atoms with Crippen LogP contribution in [0.15, 0.2) is 180 Å². The lowest BCUT2D eigenvalue weighted by Gasteiger charge is -2.27. The third-order valence-electron chi connectivity index (χ3n) is 9.89. The Morgan fingerprint density at radius 1 is 0.440 bits per heavy atom. The second kappa shape index (κ2) is 11.4. The van der Waals surface area contributed by atoms with Crippen molar-refractivity contribution in [1.82, 2.24) is 0 Å². The average molecular weight is 636 g/mol. The molecule has 0 saturated heterocycles. The van der Waals surface area contributed by atoms with Gasteiger partial charge in [-0.2, -0.15) is 0 Å². The molecule has 0 bridgehead atoms. The molecule has 0 amide bonds. The van der Waals surface area contributed by atoms with Gasteiger partial charge in [0, 0.05) is 22.1 Å².